The van der Waals surface area contributed by atoms with Crippen molar-refractivity contribution in [2.24, 2.45) is 0 Å². The molecule has 0 aliphatic carbocycles. The van der Waals surface area contributed by atoms with E-state index in [-0.39, 0.29) is 17.9 Å². The first kappa shape index (κ1) is 27.2. The van der Waals surface area contributed by atoms with E-state index in [0.717, 1.165) is 25.7 Å². The van der Waals surface area contributed by atoms with Gasteiger partial charge >= 0.3 is 29.9 Å². The lowest BCUT2D eigenvalue weighted by molar-refractivity contribution is -0.423. The van der Waals surface area contributed by atoms with Crippen LogP contribution in [0.1, 0.15) is 37.9 Å². The summed E-state index contributed by atoms with van der Waals surface area (Å²) < 4.78 is 155. The van der Waals surface area contributed by atoms with Crippen LogP contribution in [0.2, 0.25) is 0 Å². The van der Waals surface area contributed by atoms with E-state index in [1.165, 1.54) is 12.1 Å². The van der Waals surface area contributed by atoms with Gasteiger partial charge in [-0.25, -0.2) is 0 Å². The number of hydrogen-bond acceptors (Lipinski definition) is 2. The highest BCUT2D eigenvalue weighted by Crippen LogP contribution is 2.58. The van der Waals surface area contributed by atoms with Gasteiger partial charge < -0.3 is 9.47 Å². The molecule has 0 fully saturated rings. The molecule has 0 N–H and O–H groups in total. The maximum atomic E-state index is 14.0. The Morgan fingerprint density at radius 3 is 1.90 bits per heavy atom. The largest absolute Gasteiger partial charge is 0.494 e. The van der Waals surface area contributed by atoms with E-state index in [9.17, 15) is 48.3 Å². The maximum absolute atomic E-state index is 14.0. The van der Waals surface area contributed by atoms with E-state index in [2.05, 4.69) is 4.74 Å². The predicted molar refractivity (Wildman–Crippen MR) is 87.1 cm³/mol. The van der Waals surface area contributed by atoms with Crippen LogP contribution < -0.4 is 4.74 Å². The van der Waals surface area contributed by atoms with E-state index in [1.807, 2.05) is 6.92 Å². The first-order chi connectivity index (χ1) is 14.0. The number of benzene rings is 1. The molecule has 180 valence electrons. The van der Waals surface area contributed by atoms with Crippen molar-refractivity contribution in [1.82, 2.24) is 0 Å². The molecule has 1 unspecified atom stereocenters. The zero-order valence-electron chi connectivity index (χ0n) is 16.2. The van der Waals surface area contributed by atoms with Gasteiger partial charge in [0.05, 0.1) is 12.7 Å². The van der Waals surface area contributed by atoms with Crippen LogP contribution in [0.4, 0.5) is 48.3 Å². The summed E-state index contributed by atoms with van der Waals surface area (Å²) in [6.07, 6.45) is -10.2. The van der Waals surface area contributed by atoms with Gasteiger partial charge in [0.15, 0.2) is 0 Å². The Labute approximate surface area is 170 Å². The molecule has 0 heterocycles. The molecule has 1 rings (SSSR count). The number of alkyl halides is 11. The summed E-state index contributed by atoms with van der Waals surface area (Å²) in [4.78, 5) is 0. The number of methoxy groups -OCH3 is 1. The Bertz CT molecular complexity index is 717. The smallest absolute Gasteiger partial charge is 0.460 e. The summed E-state index contributed by atoms with van der Waals surface area (Å²) in [5, 5.41) is 0. The van der Waals surface area contributed by atoms with Gasteiger partial charge in [-0.2, -0.15) is 48.3 Å². The van der Waals surface area contributed by atoms with E-state index in [0.29, 0.717) is 6.42 Å². The predicted octanol–water partition coefficient (Wildman–Crippen LogP) is 7.05. The molecule has 0 spiro atoms. The standard InChI is InChI=1S/C18H19F11O2/c1-3-4-8-31-12-7-5-6-11(9-12)13(30-2)10-14(19,20)15(21,22)16(23,24)17(25,26)18(27,28)29/h5-7,9,13H,3-4,8,10H2,1-2H3. The molecule has 0 aliphatic rings. The van der Waals surface area contributed by atoms with Crippen molar-refractivity contribution in [2.75, 3.05) is 13.7 Å². The quantitative estimate of drug-likeness (QED) is 0.252. The number of unbranched alkanes of at least 4 members (excludes halogenated alkanes) is 1. The molecule has 0 aliphatic heterocycles. The van der Waals surface area contributed by atoms with Gasteiger partial charge in [0.25, 0.3) is 0 Å². The van der Waals surface area contributed by atoms with Gasteiger partial charge in [0, 0.05) is 13.5 Å². The molecule has 1 aromatic rings. The summed E-state index contributed by atoms with van der Waals surface area (Å²) in [7, 11) is 0.742. The van der Waals surface area contributed by atoms with Crippen LogP contribution in [0.3, 0.4) is 0 Å². The summed E-state index contributed by atoms with van der Waals surface area (Å²) in [6, 6.07) is 4.76. The van der Waals surface area contributed by atoms with Crippen molar-refractivity contribution in [2.45, 2.75) is 62.2 Å². The summed E-state index contributed by atoms with van der Waals surface area (Å²) in [6.45, 7) is 2.06. The first-order valence-electron chi connectivity index (χ1n) is 8.79. The third kappa shape index (κ3) is 5.35. The minimum absolute atomic E-state index is 0.0945. The van der Waals surface area contributed by atoms with E-state index in [1.54, 1.807) is 0 Å². The third-order valence-corrected chi connectivity index (χ3v) is 4.33. The lowest BCUT2D eigenvalue weighted by Gasteiger charge is -2.38. The summed E-state index contributed by atoms with van der Waals surface area (Å²) in [5.74, 6) is -27.8. The van der Waals surface area contributed by atoms with Crippen molar-refractivity contribution in [3.05, 3.63) is 29.8 Å². The van der Waals surface area contributed by atoms with E-state index in [4.69, 9.17) is 4.74 Å². The van der Waals surface area contributed by atoms with Crippen molar-refractivity contribution in [1.29, 1.82) is 0 Å². The van der Waals surface area contributed by atoms with E-state index < -0.39 is 42.4 Å². The molecule has 31 heavy (non-hydrogen) atoms. The minimum Gasteiger partial charge on any atom is -0.494 e. The second-order valence-corrected chi connectivity index (χ2v) is 6.63. The lowest BCUT2D eigenvalue weighted by Crippen LogP contribution is -2.66. The van der Waals surface area contributed by atoms with Gasteiger partial charge in [-0.05, 0) is 24.1 Å². The SMILES string of the molecule is CCCCOc1cccc(C(CC(F)(F)C(F)(F)C(F)(F)C(F)(F)C(F)(F)F)OC)c1. The van der Waals surface area contributed by atoms with Crippen LogP contribution in [0.15, 0.2) is 24.3 Å². The zero-order valence-corrected chi connectivity index (χ0v) is 16.2. The fourth-order valence-corrected chi connectivity index (χ4v) is 2.44. The van der Waals surface area contributed by atoms with Crippen LogP contribution in [0.5, 0.6) is 5.75 Å². The van der Waals surface area contributed by atoms with Crippen LogP contribution in [-0.4, -0.2) is 43.6 Å². The second-order valence-electron chi connectivity index (χ2n) is 6.63. The Hall–Kier alpha value is -1.79. The molecule has 0 saturated carbocycles. The fraction of sp³-hybridized carbons (Fsp3) is 0.667. The number of halogens is 11. The van der Waals surface area contributed by atoms with Gasteiger partial charge in [0.1, 0.15) is 5.75 Å². The van der Waals surface area contributed by atoms with Gasteiger partial charge in [-0.1, -0.05) is 25.5 Å². The van der Waals surface area contributed by atoms with Crippen LogP contribution in [-0.2, 0) is 4.74 Å². The lowest BCUT2D eigenvalue weighted by atomic mass is 9.92. The minimum atomic E-state index is -7.44. The van der Waals surface area contributed by atoms with Crippen LogP contribution in [0.25, 0.3) is 0 Å². The Balaban J connectivity index is 3.21. The third-order valence-electron chi connectivity index (χ3n) is 4.33. The average molecular weight is 476 g/mol. The number of rotatable bonds is 11. The molecule has 0 bridgehead atoms. The highest BCUT2D eigenvalue weighted by Gasteiger charge is 2.87. The van der Waals surface area contributed by atoms with Crippen molar-refractivity contribution < 1.29 is 57.8 Å². The molecule has 0 amide bonds. The highest BCUT2D eigenvalue weighted by molar-refractivity contribution is 5.30. The normalized spacial score (nSPS) is 15.1. The summed E-state index contributed by atoms with van der Waals surface area (Å²) >= 11 is 0. The fourth-order valence-electron chi connectivity index (χ4n) is 2.44. The maximum Gasteiger partial charge on any atom is 0.460 e. The average Bonchev–Trinajstić information content (AvgIpc) is 2.65. The second kappa shape index (κ2) is 9.37. The van der Waals surface area contributed by atoms with Gasteiger partial charge in [-0.3, -0.25) is 0 Å². The highest BCUT2D eigenvalue weighted by atomic mass is 19.4. The van der Waals surface area contributed by atoms with Crippen molar-refractivity contribution in [3.63, 3.8) is 0 Å². The molecule has 0 saturated heterocycles. The Morgan fingerprint density at radius 1 is 0.839 bits per heavy atom. The van der Waals surface area contributed by atoms with Gasteiger partial charge in [0.2, 0.25) is 0 Å². The zero-order chi connectivity index (χ0) is 24.3. The van der Waals surface area contributed by atoms with Crippen LogP contribution >= 0.6 is 0 Å². The molecular formula is C18H19F11O2. The molecule has 0 radical (unpaired) electrons. The van der Waals surface area contributed by atoms with Crippen molar-refractivity contribution in [3.8, 4) is 5.75 Å². The number of ether oxygens (including phenoxy) is 2. The monoisotopic (exact) mass is 476 g/mol. The molecule has 1 atom stereocenters. The molecule has 0 aromatic heterocycles. The molecule has 1 aromatic carbocycles. The number of hydrogen-bond donors (Lipinski definition) is 0. The van der Waals surface area contributed by atoms with Crippen molar-refractivity contribution >= 4 is 0 Å². The molecule has 2 nitrogen and oxygen atoms in total. The van der Waals surface area contributed by atoms with Crippen LogP contribution in [0, 0.1) is 0 Å². The summed E-state index contributed by atoms with van der Waals surface area (Å²) in [5.41, 5.74) is -0.266. The topological polar surface area (TPSA) is 18.5 Å². The molecular weight excluding hydrogens is 457 g/mol. The Morgan fingerprint density at radius 2 is 1.42 bits per heavy atom. The Kier molecular flexibility index (Phi) is 8.24. The molecule has 13 heteroatoms. The first-order valence-corrected chi connectivity index (χ1v) is 8.79. The van der Waals surface area contributed by atoms with Gasteiger partial charge in [-0.15, -0.1) is 0 Å². The van der Waals surface area contributed by atoms with E-state index >= 15 is 0 Å².